The van der Waals surface area contributed by atoms with Crippen LogP contribution in [0.15, 0.2) is 24.3 Å². The minimum atomic E-state index is 0. The Kier molecular flexibility index (Phi) is 9.88. The zero-order valence-corrected chi connectivity index (χ0v) is 15.7. The maximum absolute atomic E-state index is 11.8. The van der Waals surface area contributed by atoms with E-state index in [1.165, 1.54) is 4.88 Å². The number of nitrogens with two attached hydrogens (primary N) is 1. The molecule has 1 heterocycles. The third-order valence-corrected chi connectivity index (χ3v) is 4.48. The Balaban J connectivity index is 0.00000242. The molecule has 2 aromatic rings. The number of aromatic nitrogens is 1. The molecule has 4 nitrogen and oxygen atoms in total. The lowest BCUT2D eigenvalue weighted by Crippen LogP contribution is -2.25. The van der Waals surface area contributed by atoms with Gasteiger partial charge >= 0.3 is 0 Å². The number of nitrogen functional groups attached to an aromatic ring is 1. The number of carbonyl (C=O) groups excluding carboxylic acids is 1. The summed E-state index contributed by atoms with van der Waals surface area (Å²) in [4.78, 5) is 17.5. The molecule has 3 N–H and O–H groups in total. The minimum absolute atomic E-state index is 0. The number of rotatable bonds is 6. The second kappa shape index (κ2) is 10.5. The standard InChI is InChI=1S/C16H21N3OS.2ClH/c1-11-15(21-12(2)19-11)9-10-18-16(20)8-7-13-5-3-4-6-14(13)17;;/h3-6H,7-10,17H2,1-2H3,(H,18,20);2*1H. The van der Waals surface area contributed by atoms with E-state index in [0.717, 1.165) is 28.4 Å². The summed E-state index contributed by atoms with van der Waals surface area (Å²) in [6, 6.07) is 7.67. The van der Waals surface area contributed by atoms with E-state index in [1.54, 1.807) is 11.3 Å². The van der Waals surface area contributed by atoms with Crippen LogP contribution < -0.4 is 11.1 Å². The molecule has 0 fully saturated rings. The van der Waals surface area contributed by atoms with Crippen molar-refractivity contribution in [2.24, 2.45) is 0 Å². The first-order valence-electron chi connectivity index (χ1n) is 7.09. The molecule has 0 radical (unpaired) electrons. The van der Waals surface area contributed by atoms with Gasteiger partial charge in [-0.2, -0.15) is 0 Å². The Morgan fingerprint density at radius 3 is 2.52 bits per heavy atom. The smallest absolute Gasteiger partial charge is 0.220 e. The van der Waals surface area contributed by atoms with Crippen LogP contribution in [0.1, 0.15) is 27.6 Å². The van der Waals surface area contributed by atoms with Crippen molar-refractivity contribution in [3.8, 4) is 0 Å². The molecule has 0 aliphatic heterocycles. The molecular weight excluding hydrogens is 353 g/mol. The minimum Gasteiger partial charge on any atom is -0.399 e. The fraction of sp³-hybridized carbons (Fsp3) is 0.375. The van der Waals surface area contributed by atoms with Gasteiger partial charge in [0.25, 0.3) is 0 Å². The Morgan fingerprint density at radius 1 is 1.22 bits per heavy atom. The molecule has 0 aliphatic rings. The third-order valence-electron chi connectivity index (χ3n) is 3.35. The van der Waals surface area contributed by atoms with Crippen LogP contribution in [0.2, 0.25) is 0 Å². The number of carbonyl (C=O) groups is 1. The number of nitrogens with zero attached hydrogens (tertiary/aromatic N) is 1. The van der Waals surface area contributed by atoms with Crippen LogP contribution in [0.3, 0.4) is 0 Å². The number of para-hydroxylation sites is 1. The van der Waals surface area contributed by atoms with E-state index >= 15 is 0 Å². The van der Waals surface area contributed by atoms with Crippen molar-refractivity contribution >= 4 is 47.7 Å². The number of hydrogen-bond donors (Lipinski definition) is 2. The fourth-order valence-corrected chi connectivity index (χ4v) is 3.16. The van der Waals surface area contributed by atoms with Crippen molar-refractivity contribution in [2.75, 3.05) is 12.3 Å². The molecule has 1 amide bonds. The number of thiazole rings is 1. The number of nitrogens with one attached hydrogen (secondary N) is 1. The van der Waals surface area contributed by atoms with Crippen LogP contribution in [0.5, 0.6) is 0 Å². The largest absolute Gasteiger partial charge is 0.399 e. The lowest BCUT2D eigenvalue weighted by Gasteiger charge is -2.06. The molecule has 7 heteroatoms. The van der Waals surface area contributed by atoms with Gasteiger partial charge in [0.15, 0.2) is 0 Å². The van der Waals surface area contributed by atoms with Gasteiger partial charge < -0.3 is 11.1 Å². The van der Waals surface area contributed by atoms with Gasteiger partial charge in [0.2, 0.25) is 5.91 Å². The molecule has 0 saturated carbocycles. The Hall–Kier alpha value is -1.30. The molecule has 23 heavy (non-hydrogen) atoms. The highest BCUT2D eigenvalue weighted by atomic mass is 35.5. The number of halogens is 2. The number of amides is 1. The van der Waals surface area contributed by atoms with Gasteiger partial charge in [0.1, 0.15) is 0 Å². The molecule has 2 rings (SSSR count). The molecule has 0 bridgehead atoms. The van der Waals surface area contributed by atoms with E-state index in [4.69, 9.17) is 5.73 Å². The van der Waals surface area contributed by atoms with Gasteiger partial charge in [0.05, 0.1) is 10.7 Å². The van der Waals surface area contributed by atoms with Gasteiger partial charge in [0, 0.05) is 30.0 Å². The van der Waals surface area contributed by atoms with Crippen molar-refractivity contribution in [3.05, 3.63) is 45.4 Å². The second-order valence-electron chi connectivity index (χ2n) is 5.04. The summed E-state index contributed by atoms with van der Waals surface area (Å²) >= 11 is 1.70. The first-order chi connectivity index (χ1) is 10.1. The van der Waals surface area contributed by atoms with E-state index < -0.39 is 0 Å². The number of hydrogen-bond acceptors (Lipinski definition) is 4. The molecule has 1 aromatic carbocycles. The first-order valence-corrected chi connectivity index (χ1v) is 7.91. The number of benzene rings is 1. The summed E-state index contributed by atoms with van der Waals surface area (Å²) in [5.74, 6) is 0.0668. The zero-order valence-electron chi connectivity index (χ0n) is 13.3. The normalized spacial score (nSPS) is 9.65. The van der Waals surface area contributed by atoms with E-state index in [-0.39, 0.29) is 30.7 Å². The van der Waals surface area contributed by atoms with Gasteiger partial charge in [-0.3, -0.25) is 4.79 Å². The Labute approximate surface area is 153 Å². The summed E-state index contributed by atoms with van der Waals surface area (Å²) in [5.41, 5.74) is 8.72. The average Bonchev–Trinajstić information content (AvgIpc) is 2.76. The summed E-state index contributed by atoms with van der Waals surface area (Å²) in [6.45, 7) is 4.68. The SMILES string of the molecule is Cc1nc(C)c(CCNC(=O)CCc2ccccc2N)s1.Cl.Cl. The summed E-state index contributed by atoms with van der Waals surface area (Å²) < 4.78 is 0. The monoisotopic (exact) mass is 375 g/mol. The molecule has 0 spiro atoms. The highest BCUT2D eigenvalue weighted by molar-refractivity contribution is 7.11. The topological polar surface area (TPSA) is 68.0 Å². The number of anilines is 1. The lowest BCUT2D eigenvalue weighted by molar-refractivity contribution is -0.121. The van der Waals surface area contributed by atoms with Crippen molar-refractivity contribution in [3.63, 3.8) is 0 Å². The predicted molar refractivity (Wildman–Crippen MR) is 102 cm³/mol. The fourth-order valence-electron chi connectivity index (χ4n) is 2.22. The van der Waals surface area contributed by atoms with Gasteiger partial charge in [-0.25, -0.2) is 4.98 Å². The van der Waals surface area contributed by atoms with Crippen LogP contribution in [-0.2, 0) is 17.6 Å². The van der Waals surface area contributed by atoms with E-state index in [9.17, 15) is 4.79 Å². The van der Waals surface area contributed by atoms with Crippen molar-refractivity contribution < 1.29 is 4.79 Å². The van der Waals surface area contributed by atoms with E-state index in [0.29, 0.717) is 19.4 Å². The molecule has 0 atom stereocenters. The molecule has 0 aliphatic carbocycles. The van der Waals surface area contributed by atoms with E-state index in [1.807, 2.05) is 38.1 Å². The van der Waals surface area contributed by atoms with Crippen molar-refractivity contribution in [1.29, 1.82) is 0 Å². The maximum atomic E-state index is 11.8. The van der Waals surface area contributed by atoms with Gasteiger partial charge in [-0.15, -0.1) is 36.2 Å². The predicted octanol–water partition coefficient (Wildman–Crippen LogP) is 3.48. The van der Waals surface area contributed by atoms with Gasteiger partial charge in [-0.05, 0) is 31.9 Å². The first kappa shape index (κ1) is 21.7. The third kappa shape index (κ3) is 6.77. The highest BCUT2D eigenvalue weighted by Crippen LogP contribution is 2.17. The molecule has 128 valence electrons. The quantitative estimate of drug-likeness (QED) is 0.759. The summed E-state index contributed by atoms with van der Waals surface area (Å²) in [5, 5.41) is 4.03. The molecule has 1 aromatic heterocycles. The average molecular weight is 376 g/mol. The Bertz CT molecular complexity index is 632. The van der Waals surface area contributed by atoms with Crippen LogP contribution >= 0.6 is 36.2 Å². The molecule has 0 saturated heterocycles. The lowest BCUT2D eigenvalue weighted by atomic mass is 10.1. The molecule has 0 unspecified atom stereocenters. The number of aryl methyl sites for hydroxylation is 3. The van der Waals surface area contributed by atoms with Crippen molar-refractivity contribution in [1.82, 2.24) is 10.3 Å². The van der Waals surface area contributed by atoms with Crippen molar-refractivity contribution in [2.45, 2.75) is 33.1 Å². The van der Waals surface area contributed by atoms with E-state index in [2.05, 4.69) is 10.3 Å². The second-order valence-corrected chi connectivity index (χ2v) is 6.33. The highest BCUT2D eigenvalue weighted by Gasteiger charge is 2.07. The van der Waals surface area contributed by atoms with Crippen LogP contribution in [0, 0.1) is 13.8 Å². The molecular formula is C16H23Cl2N3OS. The van der Waals surface area contributed by atoms with Gasteiger partial charge in [-0.1, -0.05) is 18.2 Å². The Morgan fingerprint density at radius 2 is 1.91 bits per heavy atom. The van der Waals surface area contributed by atoms with Crippen LogP contribution in [0.25, 0.3) is 0 Å². The summed E-state index contributed by atoms with van der Waals surface area (Å²) in [7, 11) is 0. The van der Waals surface area contributed by atoms with Crippen LogP contribution in [-0.4, -0.2) is 17.4 Å². The van der Waals surface area contributed by atoms with Crippen LogP contribution in [0.4, 0.5) is 5.69 Å². The zero-order chi connectivity index (χ0) is 15.2. The summed E-state index contributed by atoms with van der Waals surface area (Å²) in [6.07, 6.45) is 1.99. The maximum Gasteiger partial charge on any atom is 0.220 e.